The summed E-state index contributed by atoms with van der Waals surface area (Å²) < 4.78 is 27.2. The van der Waals surface area contributed by atoms with Crippen molar-refractivity contribution in [1.29, 1.82) is 0 Å². The van der Waals surface area contributed by atoms with Crippen molar-refractivity contribution in [3.05, 3.63) is 88.4 Å². The minimum absolute atomic E-state index is 0.0854. The van der Waals surface area contributed by atoms with Gasteiger partial charge in [-0.25, -0.2) is 8.42 Å². The zero-order valence-electron chi connectivity index (χ0n) is 16.7. The van der Waals surface area contributed by atoms with Gasteiger partial charge < -0.3 is 4.90 Å². The molecule has 4 rings (SSSR count). The number of sulfonamides is 1. The first-order chi connectivity index (χ1) is 14.3. The fraction of sp³-hybridized carbons (Fsp3) is 0.174. The number of aryl methyl sites for hydroxylation is 1. The lowest BCUT2D eigenvalue weighted by molar-refractivity contribution is 0.0989. The molecule has 0 atom stereocenters. The van der Waals surface area contributed by atoms with Crippen LogP contribution in [0.3, 0.4) is 0 Å². The third kappa shape index (κ3) is 3.57. The van der Waals surface area contributed by atoms with Gasteiger partial charge in [0, 0.05) is 29.9 Å². The lowest BCUT2D eigenvalue weighted by Crippen LogP contribution is -2.30. The summed E-state index contributed by atoms with van der Waals surface area (Å²) in [5.41, 5.74) is 3.85. The summed E-state index contributed by atoms with van der Waals surface area (Å²) in [5.74, 6) is -0.0854. The normalized spacial score (nSPS) is 13.2. The molecule has 154 valence electrons. The second-order valence-electron chi connectivity index (χ2n) is 7.26. The van der Waals surface area contributed by atoms with Gasteiger partial charge in [-0.15, -0.1) is 0 Å². The molecule has 1 heterocycles. The maximum absolute atomic E-state index is 13.1. The molecule has 1 aliphatic rings. The zero-order chi connectivity index (χ0) is 21.5. The van der Waals surface area contributed by atoms with Gasteiger partial charge in [0.05, 0.1) is 10.6 Å². The Kier molecular flexibility index (Phi) is 5.30. The highest BCUT2D eigenvalue weighted by Gasteiger charge is 2.27. The molecule has 1 amide bonds. The van der Waals surface area contributed by atoms with Gasteiger partial charge in [-0.05, 0) is 73.0 Å². The number of rotatable bonds is 4. The average molecular weight is 441 g/mol. The first kappa shape index (κ1) is 20.4. The molecular formula is C23H21ClN2O3S. The standard InChI is InChI=1S/C23H21ClN2O3S/c1-16-15-18(23(27)26-14-13-17-5-3-4-6-22(17)26)7-12-21(16)25(2)30(28,29)20-10-8-19(24)9-11-20/h3-12,15H,13-14H2,1-2H3. The molecule has 1 aliphatic heterocycles. The second kappa shape index (κ2) is 7.78. The number of halogens is 1. The van der Waals surface area contributed by atoms with E-state index in [9.17, 15) is 13.2 Å². The fourth-order valence-corrected chi connectivity index (χ4v) is 5.13. The number of fused-ring (bicyclic) bond motifs is 1. The van der Waals surface area contributed by atoms with Gasteiger partial charge in [-0.3, -0.25) is 9.10 Å². The third-order valence-electron chi connectivity index (χ3n) is 5.39. The van der Waals surface area contributed by atoms with Crippen LogP contribution in [0.2, 0.25) is 5.02 Å². The maximum atomic E-state index is 13.1. The SMILES string of the molecule is Cc1cc(C(=O)N2CCc3ccccc32)ccc1N(C)S(=O)(=O)c1ccc(Cl)cc1. The van der Waals surface area contributed by atoms with Gasteiger partial charge in [0.1, 0.15) is 0 Å². The molecule has 0 radical (unpaired) electrons. The van der Waals surface area contributed by atoms with Crippen molar-refractivity contribution in [2.45, 2.75) is 18.2 Å². The molecule has 3 aromatic rings. The van der Waals surface area contributed by atoms with E-state index in [0.29, 0.717) is 28.4 Å². The predicted molar refractivity (Wildman–Crippen MR) is 120 cm³/mol. The van der Waals surface area contributed by atoms with Crippen molar-refractivity contribution in [3.8, 4) is 0 Å². The summed E-state index contributed by atoms with van der Waals surface area (Å²) >= 11 is 5.87. The average Bonchev–Trinajstić information content (AvgIpc) is 3.17. The first-order valence-corrected chi connectivity index (χ1v) is 11.4. The quantitative estimate of drug-likeness (QED) is 0.592. The summed E-state index contributed by atoms with van der Waals surface area (Å²) in [6.07, 6.45) is 0.834. The number of benzene rings is 3. The summed E-state index contributed by atoms with van der Waals surface area (Å²) in [5, 5.41) is 0.471. The molecule has 0 N–H and O–H groups in total. The zero-order valence-corrected chi connectivity index (χ0v) is 18.2. The molecule has 3 aromatic carbocycles. The van der Waals surface area contributed by atoms with Crippen LogP contribution in [0, 0.1) is 6.92 Å². The molecule has 0 saturated carbocycles. The van der Waals surface area contributed by atoms with E-state index in [1.807, 2.05) is 24.3 Å². The Morgan fingerprint density at radius 3 is 2.43 bits per heavy atom. The van der Waals surface area contributed by atoms with Gasteiger partial charge in [-0.2, -0.15) is 0 Å². The molecule has 0 saturated heterocycles. The van der Waals surface area contributed by atoms with Crippen molar-refractivity contribution in [3.63, 3.8) is 0 Å². The van der Waals surface area contributed by atoms with Crippen LogP contribution in [-0.2, 0) is 16.4 Å². The number of para-hydroxylation sites is 1. The summed E-state index contributed by atoms with van der Waals surface area (Å²) in [6.45, 7) is 2.45. The van der Waals surface area contributed by atoms with Crippen LogP contribution in [0.15, 0.2) is 71.6 Å². The van der Waals surface area contributed by atoms with Crippen molar-refractivity contribution in [1.82, 2.24) is 0 Å². The van der Waals surface area contributed by atoms with E-state index >= 15 is 0 Å². The van der Waals surface area contributed by atoms with E-state index in [4.69, 9.17) is 11.6 Å². The predicted octanol–water partition coefficient (Wildman–Crippen LogP) is 4.68. The van der Waals surface area contributed by atoms with E-state index in [-0.39, 0.29) is 10.8 Å². The van der Waals surface area contributed by atoms with Crippen LogP contribution < -0.4 is 9.21 Å². The Morgan fingerprint density at radius 2 is 1.73 bits per heavy atom. The first-order valence-electron chi connectivity index (χ1n) is 9.54. The lowest BCUT2D eigenvalue weighted by Gasteiger charge is -2.23. The molecule has 30 heavy (non-hydrogen) atoms. The highest BCUT2D eigenvalue weighted by Crippen LogP contribution is 2.31. The minimum Gasteiger partial charge on any atom is -0.308 e. The van der Waals surface area contributed by atoms with Crippen LogP contribution in [0.1, 0.15) is 21.5 Å². The van der Waals surface area contributed by atoms with E-state index in [2.05, 4.69) is 0 Å². The molecule has 0 fully saturated rings. The Hall–Kier alpha value is -2.83. The Bertz CT molecular complexity index is 1220. The van der Waals surface area contributed by atoms with Gasteiger partial charge in [0.2, 0.25) is 0 Å². The summed E-state index contributed by atoms with van der Waals surface area (Å²) in [7, 11) is -2.24. The largest absolute Gasteiger partial charge is 0.308 e. The van der Waals surface area contributed by atoms with Gasteiger partial charge in [0.15, 0.2) is 0 Å². The summed E-state index contributed by atoms with van der Waals surface area (Å²) in [6, 6.07) is 19.0. The van der Waals surface area contributed by atoms with E-state index in [1.165, 1.54) is 23.5 Å². The van der Waals surface area contributed by atoms with Gasteiger partial charge in [-0.1, -0.05) is 29.8 Å². The molecule has 0 aliphatic carbocycles. The highest BCUT2D eigenvalue weighted by atomic mass is 35.5. The molecule has 0 bridgehead atoms. The van der Waals surface area contributed by atoms with E-state index in [0.717, 1.165) is 17.7 Å². The number of hydrogen-bond acceptors (Lipinski definition) is 3. The Morgan fingerprint density at radius 1 is 1.03 bits per heavy atom. The topological polar surface area (TPSA) is 57.7 Å². The minimum atomic E-state index is -3.74. The van der Waals surface area contributed by atoms with Crippen LogP contribution in [0.25, 0.3) is 0 Å². The second-order valence-corrected chi connectivity index (χ2v) is 9.67. The smallest absolute Gasteiger partial charge is 0.264 e. The van der Waals surface area contributed by atoms with Crippen molar-refractivity contribution in [2.75, 3.05) is 22.8 Å². The Labute approximate surface area is 181 Å². The lowest BCUT2D eigenvalue weighted by atomic mass is 10.1. The van der Waals surface area contributed by atoms with Crippen molar-refractivity contribution >= 4 is 38.9 Å². The fourth-order valence-electron chi connectivity index (χ4n) is 3.74. The molecule has 0 aromatic heterocycles. The van der Waals surface area contributed by atoms with Crippen LogP contribution >= 0.6 is 11.6 Å². The number of carbonyl (C=O) groups is 1. The van der Waals surface area contributed by atoms with Gasteiger partial charge >= 0.3 is 0 Å². The van der Waals surface area contributed by atoms with Gasteiger partial charge in [0.25, 0.3) is 15.9 Å². The van der Waals surface area contributed by atoms with Crippen molar-refractivity contribution < 1.29 is 13.2 Å². The van der Waals surface area contributed by atoms with E-state index < -0.39 is 10.0 Å². The molecular weight excluding hydrogens is 420 g/mol. The summed E-state index contributed by atoms with van der Waals surface area (Å²) in [4.78, 5) is 15.0. The van der Waals surface area contributed by atoms with E-state index in [1.54, 1.807) is 42.2 Å². The Balaban J connectivity index is 1.62. The third-order valence-corrected chi connectivity index (χ3v) is 7.42. The number of amides is 1. The van der Waals surface area contributed by atoms with Crippen LogP contribution in [0.5, 0.6) is 0 Å². The molecule has 0 unspecified atom stereocenters. The monoisotopic (exact) mass is 440 g/mol. The number of anilines is 2. The maximum Gasteiger partial charge on any atom is 0.264 e. The number of nitrogens with zero attached hydrogens (tertiary/aromatic N) is 2. The number of carbonyl (C=O) groups excluding carboxylic acids is 1. The van der Waals surface area contributed by atoms with Crippen LogP contribution in [-0.4, -0.2) is 27.9 Å². The molecule has 7 heteroatoms. The molecule has 5 nitrogen and oxygen atoms in total. The number of hydrogen-bond donors (Lipinski definition) is 0. The molecule has 0 spiro atoms. The highest BCUT2D eigenvalue weighted by molar-refractivity contribution is 7.92. The van der Waals surface area contributed by atoms with Crippen LogP contribution in [0.4, 0.5) is 11.4 Å². The van der Waals surface area contributed by atoms with Crippen molar-refractivity contribution in [2.24, 2.45) is 0 Å².